The molecule has 0 spiro atoms. The molecule has 8 nitrogen and oxygen atoms in total. The number of esters is 1. The van der Waals surface area contributed by atoms with Crippen molar-refractivity contribution in [1.29, 1.82) is 0 Å². The van der Waals surface area contributed by atoms with Gasteiger partial charge >= 0.3 is 12.1 Å². The van der Waals surface area contributed by atoms with Crippen LogP contribution in [0.5, 0.6) is 0 Å². The second-order valence-electron chi connectivity index (χ2n) is 7.17. The summed E-state index contributed by atoms with van der Waals surface area (Å²) in [6.45, 7) is 5.47. The summed E-state index contributed by atoms with van der Waals surface area (Å²) in [7, 11) is 1.25. The third kappa shape index (κ3) is 5.72. The van der Waals surface area contributed by atoms with Crippen LogP contribution in [0, 0.1) is 0 Å². The number of amides is 1. The molecule has 26 heavy (non-hydrogen) atoms. The molecule has 1 aromatic rings. The number of anilines is 1. The highest BCUT2D eigenvalue weighted by Gasteiger charge is 2.29. The predicted molar refractivity (Wildman–Crippen MR) is 97.4 cm³/mol. The third-order valence-corrected chi connectivity index (χ3v) is 4.17. The molecule has 0 bridgehead atoms. The van der Waals surface area contributed by atoms with Gasteiger partial charge in [-0.1, -0.05) is 24.4 Å². The lowest BCUT2D eigenvalue weighted by atomic mass is 9.90. The maximum atomic E-state index is 12.1. The fourth-order valence-electron chi connectivity index (χ4n) is 2.79. The maximum absolute atomic E-state index is 12.1. The molecule has 0 aromatic carbocycles. The van der Waals surface area contributed by atoms with E-state index in [1.807, 2.05) is 20.8 Å². The molecule has 2 rings (SSSR count). The fraction of sp³-hybridized carbons (Fsp3) is 0.647. The topological polar surface area (TPSA) is 102 Å². The van der Waals surface area contributed by atoms with Crippen LogP contribution in [0.15, 0.2) is 6.20 Å². The molecular weight excluding hydrogens is 360 g/mol. The summed E-state index contributed by atoms with van der Waals surface area (Å²) < 4.78 is 9.93. The molecular formula is C17H25ClN4O4. The smallest absolute Gasteiger partial charge is 0.407 e. The van der Waals surface area contributed by atoms with E-state index >= 15 is 0 Å². The molecule has 1 aromatic heterocycles. The van der Waals surface area contributed by atoms with Gasteiger partial charge in [0.1, 0.15) is 11.4 Å². The second kappa shape index (κ2) is 8.53. The van der Waals surface area contributed by atoms with Crippen molar-refractivity contribution < 1.29 is 19.1 Å². The van der Waals surface area contributed by atoms with Crippen LogP contribution in [0.25, 0.3) is 0 Å². The Morgan fingerprint density at radius 1 is 1.23 bits per heavy atom. The average Bonchev–Trinajstić information content (AvgIpc) is 2.54. The highest BCUT2D eigenvalue weighted by atomic mass is 35.5. The van der Waals surface area contributed by atoms with E-state index in [0.29, 0.717) is 5.82 Å². The van der Waals surface area contributed by atoms with Gasteiger partial charge in [-0.25, -0.2) is 19.6 Å². The lowest BCUT2D eigenvalue weighted by Gasteiger charge is -2.33. The van der Waals surface area contributed by atoms with Gasteiger partial charge in [-0.2, -0.15) is 0 Å². The van der Waals surface area contributed by atoms with Gasteiger partial charge in [-0.3, -0.25) is 0 Å². The van der Waals surface area contributed by atoms with Crippen molar-refractivity contribution in [3.63, 3.8) is 0 Å². The molecule has 0 radical (unpaired) electrons. The first-order valence-corrected chi connectivity index (χ1v) is 8.94. The van der Waals surface area contributed by atoms with Crippen LogP contribution in [0.3, 0.4) is 0 Å². The Bertz CT molecular complexity index is 663. The fourth-order valence-corrected chi connectivity index (χ4v) is 3.01. The van der Waals surface area contributed by atoms with Crippen molar-refractivity contribution >= 4 is 29.5 Å². The van der Waals surface area contributed by atoms with Gasteiger partial charge in [-0.05, 0) is 33.6 Å². The van der Waals surface area contributed by atoms with Crippen LogP contribution in [0.2, 0.25) is 5.15 Å². The summed E-state index contributed by atoms with van der Waals surface area (Å²) in [5.74, 6) is -0.207. The van der Waals surface area contributed by atoms with E-state index in [1.54, 1.807) is 0 Å². The molecule has 2 atom stereocenters. The van der Waals surface area contributed by atoms with E-state index in [2.05, 4.69) is 25.3 Å². The van der Waals surface area contributed by atoms with E-state index in [0.717, 1.165) is 25.7 Å². The minimum absolute atomic E-state index is 0.0330. The molecule has 1 fully saturated rings. The van der Waals surface area contributed by atoms with Crippen LogP contribution in [0.4, 0.5) is 10.6 Å². The zero-order valence-electron chi connectivity index (χ0n) is 15.5. The lowest BCUT2D eigenvalue weighted by Crippen LogP contribution is -2.49. The lowest BCUT2D eigenvalue weighted by molar-refractivity contribution is 0.0487. The summed E-state index contributed by atoms with van der Waals surface area (Å²) in [5.41, 5.74) is -0.587. The molecule has 0 saturated heterocycles. The standard InChI is InChI=1S/C17H25ClN4O4/c1-17(2,3)26-16(24)21-11-8-6-5-7-10(11)20-12-9-19-13(14(18)22-12)15(23)25-4/h9-11H,5-8H2,1-4H3,(H,20,22)(H,21,24)/t10-,11+/m1/s1. The van der Waals surface area contributed by atoms with E-state index in [1.165, 1.54) is 13.3 Å². The van der Waals surface area contributed by atoms with Crippen molar-refractivity contribution in [1.82, 2.24) is 15.3 Å². The van der Waals surface area contributed by atoms with Gasteiger partial charge in [-0.15, -0.1) is 0 Å². The van der Waals surface area contributed by atoms with Gasteiger partial charge in [0, 0.05) is 6.04 Å². The SMILES string of the molecule is COC(=O)c1ncc(N[C@@H]2CCCC[C@@H]2NC(=O)OC(C)(C)C)nc1Cl. The first-order valence-electron chi connectivity index (χ1n) is 8.56. The first-order chi connectivity index (χ1) is 12.2. The van der Waals surface area contributed by atoms with Crippen molar-refractivity contribution in [3.05, 3.63) is 17.0 Å². The number of carbonyl (C=O) groups is 2. The molecule has 1 aliphatic rings. The summed E-state index contributed by atoms with van der Waals surface area (Å²) >= 11 is 6.01. The molecule has 1 amide bonds. The normalized spacial score (nSPS) is 20.2. The molecule has 9 heteroatoms. The Labute approximate surface area is 158 Å². The Hall–Kier alpha value is -2.09. The third-order valence-electron chi connectivity index (χ3n) is 3.91. The van der Waals surface area contributed by atoms with Crippen LogP contribution in [0.1, 0.15) is 56.9 Å². The Morgan fingerprint density at radius 3 is 2.46 bits per heavy atom. The van der Waals surface area contributed by atoms with Crippen LogP contribution >= 0.6 is 11.6 Å². The van der Waals surface area contributed by atoms with Crippen molar-refractivity contribution in [3.8, 4) is 0 Å². The van der Waals surface area contributed by atoms with Crippen molar-refractivity contribution in [2.75, 3.05) is 12.4 Å². The number of ether oxygens (including phenoxy) is 2. The monoisotopic (exact) mass is 384 g/mol. The zero-order chi connectivity index (χ0) is 19.3. The Balaban J connectivity index is 2.05. The summed E-state index contributed by atoms with van der Waals surface area (Å²) in [4.78, 5) is 31.8. The number of alkyl carbamates (subject to hydrolysis) is 1. The molecule has 2 N–H and O–H groups in total. The number of hydrogen-bond donors (Lipinski definition) is 2. The minimum Gasteiger partial charge on any atom is -0.464 e. The molecule has 0 aliphatic heterocycles. The van der Waals surface area contributed by atoms with Crippen molar-refractivity contribution in [2.45, 2.75) is 64.1 Å². The summed E-state index contributed by atoms with van der Waals surface area (Å²) in [6, 6.07) is -0.134. The quantitative estimate of drug-likeness (QED) is 0.768. The van der Waals surface area contributed by atoms with E-state index in [4.69, 9.17) is 16.3 Å². The Morgan fingerprint density at radius 2 is 1.88 bits per heavy atom. The van der Waals surface area contributed by atoms with Crippen LogP contribution < -0.4 is 10.6 Å². The molecule has 0 unspecified atom stereocenters. The maximum Gasteiger partial charge on any atom is 0.407 e. The van der Waals surface area contributed by atoms with E-state index < -0.39 is 17.7 Å². The minimum atomic E-state index is -0.642. The molecule has 144 valence electrons. The molecule has 1 aliphatic carbocycles. The summed E-state index contributed by atoms with van der Waals surface area (Å²) in [5, 5.41) is 6.13. The molecule has 1 heterocycles. The van der Waals surface area contributed by atoms with Gasteiger partial charge < -0.3 is 20.1 Å². The van der Waals surface area contributed by atoms with Crippen LogP contribution in [-0.4, -0.2) is 46.8 Å². The van der Waals surface area contributed by atoms with Gasteiger partial charge in [0.05, 0.1) is 19.3 Å². The summed E-state index contributed by atoms with van der Waals surface area (Å²) in [6.07, 6.45) is 4.73. The van der Waals surface area contributed by atoms with Crippen LogP contribution in [-0.2, 0) is 9.47 Å². The van der Waals surface area contributed by atoms with E-state index in [-0.39, 0.29) is 22.9 Å². The highest BCUT2D eigenvalue weighted by Crippen LogP contribution is 2.23. The number of hydrogen-bond acceptors (Lipinski definition) is 7. The van der Waals surface area contributed by atoms with E-state index in [9.17, 15) is 9.59 Å². The first kappa shape index (κ1) is 20.2. The predicted octanol–water partition coefficient (Wildman–Crippen LogP) is 3.16. The number of nitrogens with one attached hydrogen (secondary N) is 2. The molecule has 1 saturated carbocycles. The number of nitrogens with zero attached hydrogens (tertiary/aromatic N) is 2. The number of carbonyl (C=O) groups excluding carboxylic acids is 2. The second-order valence-corrected chi connectivity index (χ2v) is 7.53. The largest absolute Gasteiger partial charge is 0.464 e. The van der Waals surface area contributed by atoms with Crippen molar-refractivity contribution in [2.24, 2.45) is 0 Å². The van der Waals surface area contributed by atoms with Gasteiger partial charge in [0.2, 0.25) is 0 Å². The average molecular weight is 385 g/mol. The Kier molecular flexibility index (Phi) is 6.63. The number of methoxy groups -OCH3 is 1. The number of rotatable bonds is 4. The van der Waals surface area contributed by atoms with Gasteiger partial charge in [0.25, 0.3) is 0 Å². The number of halogens is 1. The number of aromatic nitrogens is 2. The highest BCUT2D eigenvalue weighted by molar-refractivity contribution is 6.32. The van der Waals surface area contributed by atoms with Gasteiger partial charge in [0.15, 0.2) is 10.8 Å². The zero-order valence-corrected chi connectivity index (χ0v) is 16.2.